The predicted molar refractivity (Wildman–Crippen MR) is 92.1 cm³/mol. The van der Waals surface area contributed by atoms with Gasteiger partial charge in [0.1, 0.15) is 5.69 Å². The number of nitrogens with one attached hydrogen (secondary N) is 1. The van der Waals surface area contributed by atoms with Crippen LogP contribution >= 0.6 is 15.9 Å². The second-order valence-electron chi connectivity index (χ2n) is 5.00. The van der Waals surface area contributed by atoms with Gasteiger partial charge in [-0.3, -0.25) is 4.68 Å². The molecular weight excluding hydrogens is 344 g/mol. The first-order chi connectivity index (χ1) is 10.6. The van der Waals surface area contributed by atoms with Gasteiger partial charge in [-0.05, 0) is 31.5 Å². The Kier molecular flexibility index (Phi) is 4.02. The third kappa shape index (κ3) is 2.66. The van der Waals surface area contributed by atoms with E-state index in [0.717, 1.165) is 38.9 Å². The van der Waals surface area contributed by atoms with Crippen molar-refractivity contribution in [2.24, 2.45) is 4.99 Å². The average Bonchev–Trinajstić information content (AvgIpc) is 3.08. The van der Waals surface area contributed by atoms with Gasteiger partial charge < -0.3 is 10.1 Å². The van der Waals surface area contributed by atoms with E-state index in [-0.39, 0.29) is 5.88 Å². The minimum absolute atomic E-state index is 0.150. The van der Waals surface area contributed by atoms with Crippen LogP contribution in [0.1, 0.15) is 25.8 Å². The summed E-state index contributed by atoms with van der Waals surface area (Å²) >= 11 is 3.48. The van der Waals surface area contributed by atoms with Crippen LogP contribution in [-0.2, 0) is 6.54 Å². The van der Waals surface area contributed by atoms with Crippen LogP contribution in [0.3, 0.4) is 0 Å². The van der Waals surface area contributed by atoms with Crippen molar-refractivity contribution in [1.82, 2.24) is 14.8 Å². The van der Waals surface area contributed by atoms with Crippen molar-refractivity contribution in [3.63, 3.8) is 0 Å². The fourth-order valence-corrected chi connectivity index (χ4v) is 2.85. The zero-order chi connectivity index (χ0) is 15.7. The number of fused-ring (bicyclic) bond motifs is 1. The SMILES string of the molecule is CCC(=Nc1cnn(CC)c1)c1c(O)[nH]c2ccc(Br)cc12. The van der Waals surface area contributed by atoms with Crippen LogP contribution < -0.4 is 0 Å². The van der Waals surface area contributed by atoms with Gasteiger partial charge in [-0.15, -0.1) is 0 Å². The number of hydrogen-bond donors (Lipinski definition) is 2. The van der Waals surface area contributed by atoms with Crippen LogP contribution in [0.5, 0.6) is 5.88 Å². The van der Waals surface area contributed by atoms with Crippen LogP contribution in [0, 0.1) is 0 Å². The summed E-state index contributed by atoms with van der Waals surface area (Å²) in [7, 11) is 0. The number of aromatic amines is 1. The third-order valence-electron chi connectivity index (χ3n) is 3.57. The van der Waals surface area contributed by atoms with Gasteiger partial charge in [0.15, 0.2) is 5.88 Å². The van der Waals surface area contributed by atoms with E-state index >= 15 is 0 Å². The monoisotopic (exact) mass is 360 g/mol. The first kappa shape index (κ1) is 14.8. The van der Waals surface area contributed by atoms with Crippen molar-refractivity contribution < 1.29 is 5.11 Å². The van der Waals surface area contributed by atoms with Crippen LogP contribution in [0.25, 0.3) is 10.9 Å². The van der Waals surface area contributed by atoms with E-state index in [2.05, 4.69) is 31.0 Å². The molecule has 0 radical (unpaired) electrons. The molecule has 2 aromatic heterocycles. The maximum absolute atomic E-state index is 10.3. The average molecular weight is 361 g/mol. The first-order valence-electron chi connectivity index (χ1n) is 7.23. The number of halogens is 1. The van der Waals surface area contributed by atoms with Gasteiger partial charge in [-0.2, -0.15) is 5.10 Å². The summed E-state index contributed by atoms with van der Waals surface area (Å²) < 4.78 is 2.80. The zero-order valence-electron chi connectivity index (χ0n) is 12.5. The Morgan fingerprint density at radius 2 is 2.23 bits per heavy atom. The summed E-state index contributed by atoms with van der Waals surface area (Å²) in [5.74, 6) is 0.150. The Balaban J connectivity index is 2.14. The summed E-state index contributed by atoms with van der Waals surface area (Å²) in [4.78, 5) is 7.67. The van der Waals surface area contributed by atoms with Crippen molar-refractivity contribution in [3.8, 4) is 5.88 Å². The summed E-state index contributed by atoms with van der Waals surface area (Å²) in [5.41, 5.74) is 3.27. The van der Waals surface area contributed by atoms with Crippen molar-refractivity contribution in [3.05, 3.63) is 40.6 Å². The summed E-state index contributed by atoms with van der Waals surface area (Å²) in [6.07, 6.45) is 4.35. The fraction of sp³-hybridized carbons (Fsp3) is 0.250. The number of H-pyrrole nitrogens is 1. The second-order valence-corrected chi connectivity index (χ2v) is 5.92. The Morgan fingerprint density at radius 1 is 1.41 bits per heavy atom. The smallest absolute Gasteiger partial charge is 0.198 e. The van der Waals surface area contributed by atoms with Crippen LogP contribution in [-0.4, -0.2) is 25.6 Å². The molecule has 0 bridgehead atoms. The number of aliphatic imine (C=N–C) groups is 1. The molecule has 0 atom stereocenters. The highest BCUT2D eigenvalue weighted by atomic mass is 79.9. The number of aromatic nitrogens is 3. The minimum Gasteiger partial charge on any atom is -0.494 e. The molecule has 2 N–H and O–H groups in total. The molecular formula is C16H17BrN4O. The number of hydrogen-bond acceptors (Lipinski definition) is 3. The standard InChI is InChI=1S/C16H17BrN4O/c1-3-13(19-11-8-18-21(4-2)9-11)15-12-7-10(17)5-6-14(12)20-16(15)22/h5-9,20,22H,3-4H2,1-2H3. The highest BCUT2D eigenvalue weighted by Gasteiger charge is 2.16. The fourth-order valence-electron chi connectivity index (χ4n) is 2.49. The molecule has 0 amide bonds. The highest BCUT2D eigenvalue weighted by Crippen LogP contribution is 2.31. The normalized spacial score (nSPS) is 12.2. The molecule has 1 aromatic carbocycles. The van der Waals surface area contributed by atoms with E-state index in [1.54, 1.807) is 6.20 Å². The number of aromatic hydroxyl groups is 1. The van der Waals surface area contributed by atoms with E-state index in [0.29, 0.717) is 6.42 Å². The van der Waals surface area contributed by atoms with Gasteiger partial charge in [0.25, 0.3) is 0 Å². The summed E-state index contributed by atoms with van der Waals surface area (Å²) in [6, 6.07) is 5.86. The molecule has 2 heterocycles. The number of nitrogens with zero attached hydrogens (tertiary/aromatic N) is 3. The molecule has 0 aliphatic carbocycles. The lowest BCUT2D eigenvalue weighted by Crippen LogP contribution is -1.98. The zero-order valence-corrected chi connectivity index (χ0v) is 14.1. The van der Waals surface area contributed by atoms with E-state index < -0.39 is 0 Å². The molecule has 6 heteroatoms. The lowest BCUT2D eigenvalue weighted by atomic mass is 10.1. The highest BCUT2D eigenvalue weighted by molar-refractivity contribution is 9.10. The van der Waals surface area contributed by atoms with Crippen LogP contribution in [0.4, 0.5) is 5.69 Å². The molecule has 0 saturated carbocycles. The molecule has 0 spiro atoms. The largest absolute Gasteiger partial charge is 0.494 e. The molecule has 5 nitrogen and oxygen atoms in total. The van der Waals surface area contributed by atoms with E-state index in [1.165, 1.54) is 0 Å². The number of benzene rings is 1. The first-order valence-corrected chi connectivity index (χ1v) is 8.02. The van der Waals surface area contributed by atoms with Crippen molar-refractivity contribution in [1.29, 1.82) is 0 Å². The Hall–Kier alpha value is -2.08. The molecule has 0 fully saturated rings. The van der Waals surface area contributed by atoms with Crippen LogP contribution in [0.15, 0.2) is 40.1 Å². The number of aryl methyl sites for hydroxylation is 1. The van der Waals surface area contributed by atoms with Crippen molar-refractivity contribution >= 4 is 38.2 Å². The molecule has 0 unspecified atom stereocenters. The van der Waals surface area contributed by atoms with Gasteiger partial charge in [0.05, 0.1) is 23.7 Å². The van der Waals surface area contributed by atoms with Gasteiger partial charge in [-0.25, -0.2) is 4.99 Å². The van der Waals surface area contributed by atoms with Crippen LogP contribution in [0.2, 0.25) is 0 Å². The van der Waals surface area contributed by atoms with Crippen molar-refractivity contribution in [2.45, 2.75) is 26.8 Å². The number of rotatable bonds is 4. The van der Waals surface area contributed by atoms with E-state index in [1.807, 2.05) is 42.9 Å². The minimum atomic E-state index is 0.150. The predicted octanol–water partition coefficient (Wildman–Crippen LogP) is 4.38. The van der Waals surface area contributed by atoms with Crippen molar-refractivity contribution in [2.75, 3.05) is 0 Å². The molecule has 0 saturated heterocycles. The Bertz CT molecular complexity index is 847. The summed E-state index contributed by atoms with van der Waals surface area (Å²) in [6.45, 7) is 4.87. The molecule has 22 heavy (non-hydrogen) atoms. The Morgan fingerprint density at radius 3 is 2.91 bits per heavy atom. The maximum atomic E-state index is 10.3. The molecule has 3 aromatic rings. The second kappa shape index (κ2) is 5.96. The maximum Gasteiger partial charge on any atom is 0.198 e. The van der Waals surface area contributed by atoms with Gasteiger partial charge in [0.2, 0.25) is 0 Å². The lowest BCUT2D eigenvalue weighted by Gasteiger charge is -2.03. The molecule has 0 aliphatic heterocycles. The summed E-state index contributed by atoms with van der Waals surface area (Å²) in [5, 5.41) is 15.5. The van der Waals surface area contributed by atoms with E-state index in [4.69, 9.17) is 0 Å². The quantitative estimate of drug-likeness (QED) is 0.677. The molecule has 3 rings (SSSR count). The lowest BCUT2D eigenvalue weighted by molar-refractivity contribution is 0.457. The Labute approximate surface area is 136 Å². The van der Waals surface area contributed by atoms with Gasteiger partial charge >= 0.3 is 0 Å². The van der Waals surface area contributed by atoms with Gasteiger partial charge in [-0.1, -0.05) is 22.9 Å². The third-order valence-corrected chi connectivity index (χ3v) is 4.07. The molecule has 0 aliphatic rings. The molecule has 114 valence electrons. The van der Waals surface area contributed by atoms with Gasteiger partial charge in [0, 0.05) is 21.9 Å². The topological polar surface area (TPSA) is 66.2 Å². The van der Waals surface area contributed by atoms with E-state index in [9.17, 15) is 5.11 Å².